The minimum absolute atomic E-state index is 0.249. The molecule has 4 heteroatoms. The molecule has 0 heterocycles. The van der Waals surface area contributed by atoms with E-state index in [0.717, 1.165) is 0 Å². The Morgan fingerprint density at radius 1 is 1.12 bits per heavy atom. The quantitative estimate of drug-likeness (QED) is 0.752. The second-order valence-corrected chi connectivity index (χ2v) is 4.26. The molecule has 90 valence electrons. The first-order chi connectivity index (χ1) is 7.21. The summed E-state index contributed by atoms with van der Waals surface area (Å²) in [6, 6.07) is 4.73. The highest BCUT2D eigenvalue weighted by atomic mass is 19.4. The van der Waals surface area contributed by atoms with Crippen molar-refractivity contribution in [2.24, 2.45) is 0 Å². The lowest BCUT2D eigenvalue weighted by atomic mass is 9.81. The summed E-state index contributed by atoms with van der Waals surface area (Å²) in [6.07, 6.45) is -4.27. The normalized spacial score (nSPS) is 12.7. The highest BCUT2D eigenvalue weighted by Crippen LogP contribution is 2.43. The Balaban J connectivity index is 3.34. The summed E-state index contributed by atoms with van der Waals surface area (Å²) in [6.45, 7) is 3.99. The Bertz CT molecular complexity index is 380. The predicted molar refractivity (Wildman–Crippen MR) is 56.8 cm³/mol. The van der Waals surface area contributed by atoms with E-state index in [2.05, 4.69) is 0 Å². The molecule has 0 saturated carbocycles. The van der Waals surface area contributed by atoms with Crippen molar-refractivity contribution in [3.05, 3.63) is 29.3 Å². The zero-order valence-corrected chi connectivity index (χ0v) is 9.77. The Kier molecular flexibility index (Phi) is 3.22. The van der Waals surface area contributed by atoms with Crippen LogP contribution in [-0.4, -0.2) is 13.3 Å². The lowest BCUT2D eigenvalue weighted by Crippen LogP contribution is -2.37. The van der Waals surface area contributed by atoms with Crippen LogP contribution in [0.2, 0.25) is 0 Å². The van der Waals surface area contributed by atoms with E-state index in [1.807, 2.05) is 0 Å². The predicted octanol–water partition coefficient (Wildman–Crippen LogP) is 3.84. The summed E-state index contributed by atoms with van der Waals surface area (Å²) >= 11 is 0. The zero-order valence-electron chi connectivity index (χ0n) is 9.77. The summed E-state index contributed by atoms with van der Waals surface area (Å²) in [4.78, 5) is 0. The molecule has 0 aliphatic carbocycles. The van der Waals surface area contributed by atoms with Crippen LogP contribution in [0.3, 0.4) is 0 Å². The number of benzene rings is 1. The molecule has 0 unspecified atom stereocenters. The molecule has 0 aliphatic heterocycles. The molecule has 0 fully saturated rings. The van der Waals surface area contributed by atoms with Gasteiger partial charge in [0.05, 0.1) is 12.5 Å². The lowest BCUT2D eigenvalue weighted by molar-refractivity contribution is -0.180. The van der Waals surface area contributed by atoms with E-state index in [0.29, 0.717) is 11.3 Å². The molecule has 16 heavy (non-hydrogen) atoms. The van der Waals surface area contributed by atoms with Crippen molar-refractivity contribution >= 4 is 0 Å². The highest BCUT2D eigenvalue weighted by molar-refractivity contribution is 5.43. The van der Waals surface area contributed by atoms with Gasteiger partial charge in [-0.05, 0) is 38.0 Å². The second kappa shape index (κ2) is 4.00. The fraction of sp³-hybridized carbons (Fsp3) is 0.500. The zero-order chi connectivity index (χ0) is 12.6. The van der Waals surface area contributed by atoms with Crippen LogP contribution in [0.15, 0.2) is 18.2 Å². The average Bonchev–Trinajstić information content (AvgIpc) is 2.16. The van der Waals surface area contributed by atoms with Gasteiger partial charge in [0.1, 0.15) is 5.75 Å². The second-order valence-electron chi connectivity index (χ2n) is 4.26. The van der Waals surface area contributed by atoms with Crippen LogP contribution >= 0.6 is 0 Å². The van der Waals surface area contributed by atoms with Crippen LogP contribution in [0.5, 0.6) is 5.75 Å². The van der Waals surface area contributed by atoms with Crippen molar-refractivity contribution in [1.82, 2.24) is 0 Å². The fourth-order valence-corrected chi connectivity index (χ4v) is 1.67. The molecule has 0 radical (unpaired) electrons. The standard InChI is InChI=1S/C12H15F3O/c1-8-9(6-5-7-10(8)16-4)11(2,3)12(13,14)15/h5-7H,1-4H3. The van der Waals surface area contributed by atoms with Crippen LogP contribution in [0, 0.1) is 6.92 Å². The van der Waals surface area contributed by atoms with E-state index in [1.54, 1.807) is 19.1 Å². The third kappa shape index (κ3) is 2.01. The summed E-state index contributed by atoms with van der Waals surface area (Å²) in [5, 5.41) is 0. The number of halogens is 3. The molecule has 0 bridgehead atoms. The molecule has 1 aromatic carbocycles. The minimum Gasteiger partial charge on any atom is -0.496 e. The van der Waals surface area contributed by atoms with Crippen LogP contribution in [0.1, 0.15) is 25.0 Å². The topological polar surface area (TPSA) is 9.23 Å². The van der Waals surface area contributed by atoms with Gasteiger partial charge in [-0.2, -0.15) is 13.2 Å². The monoisotopic (exact) mass is 232 g/mol. The summed E-state index contributed by atoms with van der Waals surface area (Å²) in [7, 11) is 1.45. The molecular formula is C12H15F3O. The van der Waals surface area contributed by atoms with E-state index < -0.39 is 11.6 Å². The van der Waals surface area contributed by atoms with Crippen molar-refractivity contribution in [3.63, 3.8) is 0 Å². The number of hydrogen-bond donors (Lipinski definition) is 0. The highest BCUT2D eigenvalue weighted by Gasteiger charge is 2.49. The van der Waals surface area contributed by atoms with Crippen LogP contribution in [-0.2, 0) is 5.41 Å². The summed E-state index contributed by atoms with van der Waals surface area (Å²) in [5.41, 5.74) is -1.09. The number of methoxy groups -OCH3 is 1. The van der Waals surface area contributed by atoms with Gasteiger partial charge < -0.3 is 4.74 Å². The third-order valence-corrected chi connectivity index (χ3v) is 2.89. The number of ether oxygens (including phenoxy) is 1. The van der Waals surface area contributed by atoms with Gasteiger partial charge in [-0.1, -0.05) is 12.1 Å². The molecule has 0 N–H and O–H groups in total. The Morgan fingerprint density at radius 3 is 2.12 bits per heavy atom. The smallest absolute Gasteiger partial charge is 0.397 e. The maximum absolute atomic E-state index is 12.9. The van der Waals surface area contributed by atoms with Crippen LogP contribution < -0.4 is 4.74 Å². The summed E-state index contributed by atoms with van der Waals surface area (Å²) < 4.78 is 43.7. The average molecular weight is 232 g/mol. The minimum atomic E-state index is -4.27. The molecule has 1 aromatic rings. The molecule has 0 saturated heterocycles. The SMILES string of the molecule is COc1cccc(C(C)(C)C(F)(F)F)c1C. The van der Waals surface area contributed by atoms with E-state index in [9.17, 15) is 13.2 Å². The Labute approximate surface area is 93.2 Å². The fourth-order valence-electron chi connectivity index (χ4n) is 1.67. The van der Waals surface area contributed by atoms with Gasteiger partial charge >= 0.3 is 6.18 Å². The van der Waals surface area contributed by atoms with Crippen molar-refractivity contribution < 1.29 is 17.9 Å². The third-order valence-electron chi connectivity index (χ3n) is 2.89. The van der Waals surface area contributed by atoms with E-state index in [1.165, 1.54) is 27.0 Å². The van der Waals surface area contributed by atoms with Crippen molar-refractivity contribution in [2.45, 2.75) is 32.4 Å². The van der Waals surface area contributed by atoms with Gasteiger partial charge in [0.25, 0.3) is 0 Å². The molecule has 0 atom stereocenters. The Morgan fingerprint density at radius 2 is 1.69 bits per heavy atom. The van der Waals surface area contributed by atoms with Gasteiger partial charge in [-0.15, -0.1) is 0 Å². The molecule has 1 rings (SSSR count). The molecule has 0 aliphatic rings. The number of rotatable bonds is 2. The van der Waals surface area contributed by atoms with Crippen molar-refractivity contribution in [1.29, 1.82) is 0 Å². The number of alkyl halides is 3. The maximum Gasteiger partial charge on any atom is 0.397 e. The summed E-state index contributed by atoms with van der Waals surface area (Å²) in [5.74, 6) is 0.481. The number of hydrogen-bond acceptors (Lipinski definition) is 1. The van der Waals surface area contributed by atoms with E-state index >= 15 is 0 Å². The van der Waals surface area contributed by atoms with Crippen molar-refractivity contribution in [2.75, 3.05) is 7.11 Å². The van der Waals surface area contributed by atoms with Crippen molar-refractivity contribution in [3.8, 4) is 5.75 Å². The first-order valence-corrected chi connectivity index (χ1v) is 4.92. The van der Waals surface area contributed by atoms with Crippen LogP contribution in [0.4, 0.5) is 13.2 Å². The van der Waals surface area contributed by atoms with Gasteiger partial charge in [0, 0.05) is 0 Å². The molecule has 1 nitrogen and oxygen atoms in total. The first kappa shape index (κ1) is 12.9. The van der Waals surface area contributed by atoms with E-state index in [-0.39, 0.29) is 5.56 Å². The molecule has 0 amide bonds. The first-order valence-electron chi connectivity index (χ1n) is 4.92. The molecule has 0 spiro atoms. The molecule has 0 aromatic heterocycles. The van der Waals surface area contributed by atoms with Gasteiger partial charge in [0.15, 0.2) is 0 Å². The lowest BCUT2D eigenvalue weighted by Gasteiger charge is -2.30. The van der Waals surface area contributed by atoms with E-state index in [4.69, 9.17) is 4.74 Å². The molecular weight excluding hydrogens is 217 g/mol. The Hall–Kier alpha value is -1.19. The maximum atomic E-state index is 12.9. The van der Waals surface area contributed by atoms with Gasteiger partial charge in [-0.25, -0.2) is 0 Å². The van der Waals surface area contributed by atoms with Crippen LogP contribution in [0.25, 0.3) is 0 Å². The van der Waals surface area contributed by atoms with Gasteiger partial charge in [-0.3, -0.25) is 0 Å². The largest absolute Gasteiger partial charge is 0.496 e. The van der Waals surface area contributed by atoms with Gasteiger partial charge in [0.2, 0.25) is 0 Å².